The molecule has 126 valence electrons. The van der Waals surface area contributed by atoms with Crippen molar-refractivity contribution in [2.45, 2.75) is 20.3 Å². The number of hydrazone groups is 1. The molecule has 0 radical (unpaired) electrons. The molecule has 24 heavy (non-hydrogen) atoms. The van der Waals surface area contributed by atoms with Crippen LogP contribution in [0.3, 0.4) is 0 Å². The molecule has 0 saturated heterocycles. The second kappa shape index (κ2) is 7.45. The highest BCUT2D eigenvalue weighted by molar-refractivity contribution is 6.01. The summed E-state index contributed by atoms with van der Waals surface area (Å²) in [6.45, 7) is 3.38. The zero-order valence-electron chi connectivity index (χ0n) is 13.6. The number of carboxylic acid groups (broad SMARTS) is 1. The van der Waals surface area contributed by atoms with Gasteiger partial charge in [0.05, 0.1) is 24.6 Å². The first kappa shape index (κ1) is 17.3. The van der Waals surface area contributed by atoms with Crippen LogP contribution in [0, 0.1) is 6.92 Å². The van der Waals surface area contributed by atoms with Crippen LogP contribution in [0.15, 0.2) is 40.0 Å². The Balaban J connectivity index is 2.19. The average molecular weight is 329 g/mol. The number of carbonyl (C=O) groups excluding carboxylic acids is 2. The third kappa shape index (κ3) is 4.01. The van der Waals surface area contributed by atoms with Crippen molar-refractivity contribution in [2.75, 3.05) is 7.11 Å². The molecule has 7 nitrogen and oxygen atoms in total. The third-order valence-electron chi connectivity index (χ3n) is 3.46. The van der Waals surface area contributed by atoms with Crippen molar-refractivity contribution in [3.8, 4) is 5.75 Å². The number of aliphatic carboxylic acids is 1. The van der Waals surface area contributed by atoms with Gasteiger partial charge in [0, 0.05) is 18.0 Å². The lowest BCUT2D eigenvalue weighted by atomic mass is 10.0. The zero-order chi connectivity index (χ0) is 17.7. The SMILES string of the molecule is COc1ccc(/C(C)=N\NC(=O)c2ccoc2C)cc1CC(=O)[O-]. The van der Waals surface area contributed by atoms with E-state index in [1.807, 2.05) is 0 Å². The Bertz CT molecular complexity index is 792. The first-order valence-electron chi connectivity index (χ1n) is 7.18. The van der Waals surface area contributed by atoms with E-state index in [0.717, 1.165) is 0 Å². The quantitative estimate of drug-likeness (QED) is 0.630. The van der Waals surface area contributed by atoms with Crippen LogP contribution in [0.25, 0.3) is 0 Å². The van der Waals surface area contributed by atoms with Crippen LogP contribution in [0.4, 0.5) is 0 Å². The molecule has 2 rings (SSSR count). The van der Waals surface area contributed by atoms with Gasteiger partial charge < -0.3 is 19.1 Å². The van der Waals surface area contributed by atoms with Crippen LogP contribution in [-0.4, -0.2) is 24.7 Å². The van der Waals surface area contributed by atoms with Crippen molar-refractivity contribution in [3.05, 3.63) is 53.0 Å². The normalized spacial score (nSPS) is 11.2. The van der Waals surface area contributed by atoms with Crippen LogP contribution in [0.5, 0.6) is 5.75 Å². The van der Waals surface area contributed by atoms with E-state index in [0.29, 0.717) is 33.9 Å². The summed E-state index contributed by atoms with van der Waals surface area (Å²) in [6.07, 6.45) is 1.15. The van der Waals surface area contributed by atoms with Gasteiger partial charge in [0.15, 0.2) is 0 Å². The Kier molecular flexibility index (Phi) is 5.36. The monoisotopic (exact) mass is 329 g/mol. The molecule has 0 aliphatic carbocycles. The minimum Gasteiger partial charge on any atom is -0.550 e. The number of ether oxygens (including phenoxy) is 1. The summed E-state index contributed by atoms with van der Waals surface area (Å²) in [4.78, 5) is 22.8. The zero-order valence-corrected chi connectivity index (χ0v) is 13.6. The maximum atomic E-state index is 12.0. The maximum absolute atomic E-state index is 12.0. The molecule has 0 spiro atoms. The van der Waals surface area contributed by atoms with Crippen molar-refractivity contribution in [1.82, 2.24) is 5.43 Å². The Morgan fingerprint density at radius 3 is 2.67 bits per heavy atom. The van der Waals surface area contributed by atoms with Gasteiger partial charge in [0.2, 0.25) is 0 Å². The number of nitrogens with zero attached hydrogens (tertiary/aromatic N) is 1. The number of hydrogen-bond acceptors (Lipinski definition) is 6. The number of nitrogens with one attached hydrogen (secondary N) is 1. The van der Waals surface area contributed by atoms with Crippen molar-refractivity contribution >= 4 is 17.6 Å². The number of furan rings is 1. The van der Waals surface area contributed by atoms with Crippen molar-refractivity contribution in [3.63, 3.8) is 0 Å². The lowest BCUT2D eigenvalue weighted by molar-refractivity contribution is -0.304. The molecule has 7 heteroatoms. The number of benzene rings is 1. The number of carboxylic acids is 1. The van der Waals surface area contributed by atoms with E-state index < -0.39 is 5.97 Å². The summed E-state index contributed by atoms with van der Waals surface area (Å²) in [6, 6.07) is 6.57. The summed E-state index contributed by atoms with van der Waals surface area (Å²) in [5, 5.41) is 14.9. The molecule has 0 fully saturated rings. The fraction of sp³-hybridized carbons (Fsp3) is 0.235. The smallest absolute Gasteiger partial charge is 0.274 e. The topological polar surface area (TPSA) is 104 Å². The number of aryl methyl sites for hydroxylation is 1. The summed E-state index contributed by atoms with van der Waals surface area (Å²) in [5.74, 6) is -0.636. The predicted molar refractivity (Wildman–Crippen MR) is 84.8 cm³/mol. The second-order valence-electron chi connectivity index (χ2n) is 5.10. The lowest BCUT2D eigenvalue weighted by Crippen LogP contribution is -2.24. The Morgan fingerprint density at radius 1 is 1.33 bits per heavy atom. The number of hydrogen-bond donors (Lipinski definition) is 1. The number of amides is 1. The summed E-state index contributed by atoms with van der Waals surface area (Å²) in [7, 11) is 1.46. The molecule has 0 saturated carbocycles. The summed E-state index contributed by atoms with van der Waals surface area (Å²) in [5.41, 5.74) is 4.50. The standard InChI is InChI=1S/C17H18N2O5/c1-10(18-19-17(22)14-6-7-24-11(14)2)12-4-5-15(23-3)13(8-12)9-16(20)21/h4-8H,9H2,1-3H3,(H,19,22)(H,20,21)/p-1/b18-10-. The van der Waals surface area contributed by atoms with Gasteiger partial charge >= 0.3 is 0 Å². The Hall–Kier alpha value is -3.09. The number of rotatable bonds is 6. The molecule has 0 bridgehead atoms. The second-order valence-corrected chi connectivity index (χ2v) is 5.10. The third-order valence-corrected chi connectivity index (χ3v) is 3.46. The minimum atomic E-state index is -1.20. The van der Waals surface area contributed by atoms with E-state index >= 15 is 0 Å². The van der Waals surface area contributed by atoms with Crippen molar-refractivity contribution in [1.29, 1.82) is 0 Å². The van der Waals surface area contributed by atoms with E-state index in [1.54, 1.807) is 38.1 Å². The molecular formula is C17H17N2O5-. The van der Waals surface area contributed by atoms with E-state index in [2.05, 4.69) is 10.5 Å². The largest absolute Gasteiger partial charge is 0.550 e. The molecule has 1 aromatic carbocycles. The Morgan fingerprint density at radius 2 is 2.08 bits per heavy atom. The molecule has 0 atom stereocenters. The highest BCUT2D eigenvalue weighted by atomic mass is 16.5. The van der Waals surface area contributed by atoms with E-state index in [9.17, 15) is 14.7 Å². The van der Waals surface area contributed by atoms with Crippen molar-refractivity contribution in [2.24, 2.45) is 5.10 Å². The van der Waals surface area contributed by atoms with Crippen LogP contribution in [0.1, 0.15) is 34.2 Å². The van der Waals surface area contributed by atoms with Gasteiger partial charge in [0.25, 0.3) is 5.91 Å². The fourth-order valence-corrected chi connectivity index (χ4v) is 2.18. The molecular weight excluding hydrogens is 312 g/mol. The van der Waals surface area contributed by atoms with Gasteiger partial charge in [-0.2, -0.15) is 5.10 Å². The molecule has 1 amide bonds. The first-order chi connectivity index (χ1) is 11.4. The van der Waals surface area contributed by atoms with Crippen LogP contribution in [-0.2, 0) is 11.2 Å². The molecule has 1 N–H and O–H groups in total. The molecule has 2 aromatic rings. The van der Waals surface area contributed by atoms with Gasteiger partial charge in [0.1, 0.15) is 11.5 Å². The van der Waals surface area contributed by atoms with Gasteiger partial charge in [-0.05, 0) is 43.7 Å². The average Bonchev–Trinajstić information content (AvgIpc) is 2.97. The highest BCUT2D eigenvalue weighted by Crippen LogP contribution is 2.20. The highest BCUT2D eigenvalue weighted by Gasteiger charge is 2.11. The predicted octanol–water partition coefficient (Wildman–Crippen LogP) is 1.04. The van der Waals surface area contributed by atoms with E-state index in [4.69, 9.17) is 9.15 Å². The summed E-state index contributed by atoms with van der Waals surface area (Å²) >= 11 is 0. The van der Waals surface area contributed by atoms with Crippen LogP contribution < -0.4 is 15.3 Å². The molecule has 0 aliphatic heterocycles. The minimum absolute atomic E-state index is 0.273. The van der Waals surface area contributed by atoms with Gasteiger partial charge in [-0.1, -0.05) is 0 Å². The maximum Gasteiger partial charge on any atom is 0.274 e. The first-order valence-corrected chi connectivity index (χ1v) is 7.18. The van der Waals surface area contributed by atoms with Crippen LogP contribution >= 0.6 is 0 Å². The molecule has 0 unspecified atom stereocenters. The van der Waals surface area contributed by atoms with Gasteiger partial charge in [-0.25, -0.2) is 5.43 Å². The van der Waals surface area contributed by atoms with E-state index in [1.165, 1.54) is 13.4 Å². The van der Waals surface area contributed by atoms with E-state index in [-0.39, 0.29) is 12.3 Å². The summed E-state index contributed by atoms with van der Waals surface area (Å²) < 4.78 is 10.2. The van der Waals surface area contributed by atoms with Crippen molar-refractivity contribution < 1.29 is 23.8 Å². The molecule has 1 heterocycles. The van der Waals surface area contributed by atoms with Gasteiger partial charge in [-0.15, -0.1) is 0 Å². The van der Waals surface area contributed by atoms with Gasteiger partial charge in [-0.3, -0.25) is 4.79 Å². The number of carbonyl (C=O) groups is 2. The number of methoxy groups -OCH3 is 1. The molecule has 0 aliphatic rings. The Labute approximate surface area is 138 Å². The van der Waals surface area contributed by atoms with Crippen LogP contribution in [0.2, 0.25) is 0 Å². The lowest BCUT2D eigenvalue weighted by Gasteiger charge is -2.11. The fourth-order valence-electron chi connectivity index (χ4n) is 2.18. The molecule has 1 aromatic heterocycles.